The maximum Gasteiger partial charge on any atom is 0.161 e. The van der Waals surface area contributed by atoms with Crippen LogP contribution in [0.4, 0.5) is 11.5 Å². The molecule has 1 aliphatic carbocycles. The van der Waals surface area contributed by atoms with Gasteiger partial charge in [-0.25, -0.2) is 15.0 Å². The molecule has 2 aliphatic rings. The van der Waals surface area contributed by atoms with E-state index in [1.54, 1.807) is 12.4 Å². The smallest absolute Gasteiger partial charge is 0.161 e. The topological polar surface area (TPSA) is 132 Å². The number of fused-ring (bicyclic) bond motifs is 2. The predicted octanol–water partition coefficient (Wildman–Crippen LogP) is 5.26. The van der Waals surface area contributed by atoms with Crippen LogP contribution in [-0.4, -0.2) is 59.5 Å². The van der Waals surface area contributed by atoms with E-state index >= 15 is 0 Å². The van der Waals surface area contributed by atoms with Gasteiger partial charge in [0.25, 0.3) is 0 Å². The summed E-state index contributed by atoms with van der Waals surface area (Å²) in [6, 6.07) is 7.89. The summed E-state index contributed by atoms with van der Waals surface area (Å²) in [7, 11) is 0. The van der Waals surface area contributed by atoms with Crippen molar-refractivity contribution in [3.63, 3.8) is 0 Å². The number of hydrogen-bond donors (Lipinski definition) is 4. The van der Waals surface area contributed by atoms with Crippen LogP contribution in [0, 0.1) is 5.92 Å². The number of H-pyrrole nitrogens is 2. The van der Waals surface area contributed by atoms with E-state index in [2.05, 4.69) is 35.4 Å². The molecule has 200 valence electrons. The van der Waals surface area contributed by atoms with Gasteiger partial charge >= 0.3 is 0 Å². The molecular formula is C29H33N9O. The molecule has 0 bridgehead atoms. The van der Waals surface area contributed by atoms with E-state index in [-0.39, 0.29) is 5.92 Å². The molecule has 0 amide bonds. The molecular weight excluding hydrogens is 490 g/mol. The first kappa shape index (κ1) is 24.0. The van der Waals surface area contributed by atoms with E-state index in [0.29, 0.717) is 11.5 Å². The van der Waals surface area contributed by atoms with Crippen molar-refractivity contribution in [1.29, 1.82) is 0 Å². The van der Waals surface area contributed by atoms with Crippen LogP contribution in [0.2, 0.25) is 0 Å². The highest BCUT2D eigenvalue weighted by molar-refractivity contribution is 5.94. The molecule has 0 spiro atoms. The van der Waals surface area contributed by atoms with E-state index < -0.39 is 6.23 Å². The zero-order chi connectivity index (χ0) is 26.2. The lowest BCUT2D eigenvalue weighted by molar-refractivity contribution is 0.109. The van der Waals surface area contributed by atoms with Crippen molar-refractivity contribution in [2.45, 2.75) is 57.6 Å². The van der Waals surface area contributed by atoms with Gasteiger partial charge in [-0.1, -0.05) is 19.3 Å². The van der Waals surface area contributed by atoms with Crippen LogP contribution in [0.15, 0.2) is 42.9 Å². The summed E-state index contributed by atoms with van der Waals surface area (Å²) in [6.45, 7) is 2.01. The summed E-state index contributed by atoms with van der Waals surface area (Å²) >= 11 is 0. The molecule has 10 heteroatoms. The van der Waals surface area contributed by atoms with Crippen LogP contribution in [0.3, 0.4) is 0 Å². The van der Waals surface area contributed by atoms with E-state index in [9.17, 15) is 5.11 Å². The van der Waals surface area contributed by atoms with Crippen LogP contribution in [0.5, 0.6) is 0 Å². The average Bonchev–Trinajstić information content (AvgIpc) is 3.62. The number of imidazole rings is 1. The summed E-state index contributed by atoms with van der Waals surface area (Å²) in [5.41, 5.74) is 6.47. The monoisotopic (exact) mass is 523 g/mol. The first-order valence-corrected chi connectivity index (χ1v) is 14.1. The number of pyridine rings is 3. The van der Waals surface area contributed by atoms with Crippen molar-refractivity contribution < 1.29 is 5.11 Å². The number of nitrogens with one attached hydrogen (secondary N) is 3. The zero-order valence-corrected chi connectivity index (χ0v) is 21.9. The minimum Gasteiger partial charge on any atom is -0.374 e. The minimum atomic E-state index is -0.573. The number of piperidine rings is 1. The van der Waals surface area contributed by atoms with Crippen LogP contribution in [0.1, 0.15) is 51.4 Å². The number of hydrogen-bond acceptors (Lipinski definition) is 8. The predicted molar refractivity (Wildman–Crippen MR) is 152 cm³/mol. The van der Waals surface area contributed by atoms with Crippen molar-refractivity contribution in [3.8, 4) is 22.8 Å². The molecule has 1 saturated carbocycles. The standard InChI is InChI=1S/C29H33N9O/c39-29(18-7-3-1-4-8-18)32-20-15-19(16-30-17-20)21-9-10-23-24(33-21)26(37-36-23)27-34-22-11-12-31-28(25(22)35-27)38-13-5-2-6-14-38/h9-12,15-18,29,32,39H,1-8,13-14H2,(H,34,35)(H,36,37). The summed E-state index contributed by atoms with van der Waals surface area (Å²) in [5.74, 6) is 1.87. The Kier molecular flexibility index (Phi) is 6.32. The molecule has 4 N–H and O–H groups in total. The number of aliphatic hydroxyl groups excluding tert-OH is 1. The van der Waals surface area contributed by atoms with Gasteiger partial charge in [-0.3, -0.25) is 10.1 Å². The lowest BCUT2D eigenvalue weighted by Crippen LogP contribution is -2.30. The average molecular weight is 524 g/mol. The summed E-state index contributed by atoms with van der Waals surface area (Å²) in [6.07, 6.45) is 14.2. The quantitative estimate of drug-likeness (QED) is 0.222. The Hall–Kier alpha value is -4.05. The first-order valence-electron chi connectivity index (χ1n) is 14.1. The third-order valence-electron chi connectivity index (χ3n) is 8.11. The van der Waals surface area contributed by atoms with Crippen LogP contribution in [0.25, 0.3) is 44.8 Å². The summed E-state index contributed by atoms with van der Waals surface area (Å²) in [5, 5.41) is 21.7. The Balaban J connectivity index is 1.20. The van der Waals surface area contributed by atoms with Gasteiger partial charge in [0, 0.05) is 37.0 Å². The minimum absolute atomic E-state index is 0.278. The Morgan fingerprint density at radius 1 is 0.923 bits per heavy atom. The molecule has 1 aliphatic heterocycles. The summed E-state index contributed by atoms with van der Waals surface area (Å²) in [4.78, 5) is 24.8. The number of rotatable bonds is 6. The number of nitrogens with zero attached hydrogens (tertiary/aromatic N) is 6. The molecule has 1 atom stereocenters. The lowest BCUT2D eigenvalue weighted by Gasteiger charge is -2.27. The fourth-order valence-corrected chi connectivity index (χ4v) is 5.99. The number of aromatic amines is 2. The van der Waals surface area contributed by atoms with E-state index in [1.807, 2.05) is 30.5 Å². The maximum absolute atomic E-state index is 10.7. The van der Waals surface area contributed by atoms with Crippen LogP contribution in [-0.2, 0) is 0 Å². The number of anilines is 2. The molecule has 5 aromatic heterocycles. The van der Waals surface area contributed by atoms with Gasteiger partial charge in [0.05, 0.1) is 28.6 Å². The normalized spacial score (nSPS) is 17.6. The molecule has 5 aromatic rings. The Bertz CT molecular complexity index is 1600. The Morgan fingerprint density at radius 3 is 2.64 bits per heavy atom. The molecule has 6 heterocycles. The maximum atomic E-state index is 10.7. The van der Waals surface area contributed by atoms with E-state index in [1.165, 1.54) is 38.5 Å². The van der Waals surface area contributed by atoms with Crippen molar-refractivity contribution >= 4 is 33.6 Å². The molecule has 10 nitrogen and oxygen atoms in total. The second-order valence-electron chi connectivity index (χ2n) is 10.8. The third-order valence-corrected chi connectivity index (χ3v) is 8.11. The fraction of sp³-hybridized carbons (Fsp3) is 0.414. The van der Waals surface area contributed by atoms with Crippen LogP contribution < -0.4 is 10.2 Å². The highest BCUT2D eigenvalue weighted by atomic mass is 16.3. The Morgan fingerprint density at radius 2 is 1.77 bits per heavy atom. The van der Waals surface area contributed by atoms with Gasteiger partial charge in [0.1, 0.15) is 17.3 Å². The summed E-state index contributed by atoms with van der Waals surface area (Å²) < 4.78 is 0. The number of aromatic nitrogens is 7. The van der Waals surface area contributed by atoms with Crippen molar-refractivity contribution in [2.75, 3.05) is 23.3 Å². The highest BCUT2D eigenvalue weighted by Crippen LogP contribution is 2.32. The molecule has 2 fully saturated rings. The molecule has 0 aromatic carbocycles. The molecule has 7 rings (SSSR count). The van der Waals surface area contributed by atoms with E-state index in [4.69, 9.17) is 9.97 Å². The Labute approximate surface area is 226 Å². The number of aliphatic hydroxyl groups is 1. The van der Waals surface area contributed by atoms with Crippen molar-refractivity contribution in [3.05, 3.63) is 42.9 Å². The first-order chi connectivity index (χ1) is 19.2. The van der Waals surface area contributed by atoms with Gasteiger partial charge in [0.2, 0.25) is 0 Å². The van der Waals surface area contributed by atoms with Gasteiger partial charge in [-0.2, -0.15) is 5.10 Å². The largest absolute Gasteiger partial charge is 0.374 e. The van der Waals surface area contributed by atoms with Crippen molar-refractivity contribution in [1.82, 2.24) is 35.1 Å². The third kappa shape index (κ3) is 4.69. The molecule has 1 unspecified atom stereocenters. The molecule has 39 heavy (non-hydrogen) atoms. The fourth-order valence-electron chi connectivity index (χ4n) is 5.99. The van der Waals surface area contributed by atoms with Gasteiger partial charge < -0.3 is 20.3 Å². The molecule has 0 radical (unpaired) electrons. The second-order valence-corrected chi connectivity index (χ2v) is 10.8. The van der Waals surface area contributed by atoms with Crippen molar-refractivity contribution in [2.24, 2.45) is 5.92 Å². The highest BCUT2D eigenvalue weighted by Gasteiger charge is 2.22. The second kappa shape index (κ2) is 10.3. The lowest BCUT2D eigenvalue weighted by atomic mass is 9.88. The zero-order valence-electron chi connectivity index (χ0n) is 21.9. The van der Waals surface area contributed by atoms with Gasteiger partial charge in [-0.15, -0.1) is 0 Å². The van der Waals surface area contributed by atoms with E-state index in [0.717, 1.165) is 70.8 Å². The van der Waals surface area contributed by atoms with Gasteiger partial charge in [-0.05, 0) is 56.4 Å². The SMILES string of the molecule is OC(Nc1cncc(-c2ccc3[nH]nc(-c4nc5c(N6CCCCC6)nccc5[nH]4)c3n2)c1)C1CCCCC1. The molecule has 1 saturated heterocycles. The van der Waals surface area contributed by atoms with Crippen LogP contribution >= 0.6 is 0 Å². The van der Waals surface area contributed by atoms with Gasteiger partial charge in [0.15, 0.2) is 17.3 Å².